The first-order chi connectivity index (χ1) is 6.22. The zero-order chi connectivity index (χ0) is 9.42. The van der Waals surface area contributed by atoms with Gasteiger partial charge in [0.25, 0.3) is 0 Å². The molecule has 4 heteroatoms. The third kappa shape index (κ3) is 1.49. The fraction of sp³-hybridized carbons (Fsp3) is 0.111. The van der Waals surface area contributed by atoms with Gasteiger partial charge in [-0.1, -0.05) is 0 Å². The number of benzene rings is 1. The van der Waals surface area contributed by atoms with Gasteiger partial charge in [0, 0.05) is 15.2 Å². The van der Waals surface area contributed by atoms with Gasteiger partial charge in [-0.05, 0) is 33.6 Å². The third-order valence-corrected chi connectivity index (χ3v) is 3.71. The zero-order valence-electron chi connectivity index (χ0n) is 6.55. The minimum absolute atomic E-state index is 0.0656. The van der Waals surface area contributed by atoms with E-state index < -0.39 is 0 Å². The van der Waals surface area contributed by atoms with Gasteiger partial charge in [0.15, 0.2) is 0 Å². The van der Waals surface area contributed by atoms with Crippen LogP contribution in [0.1, 0.15) is 5.56 Å². The highest BCUT2D eigenvalue weighted by atomic mass is 79.9. The molecule has 1 nitrogen and oxygen atoms in total. The monoisotopic (exact) mass is 260 g/mol. The average Bonchev–Trinajstić information content (AvgIpc) is 2.48. The molecule has 2 aromatic rings. The van der Waals surface area contributed by atoms with Crippen molar-refractivity contribution in [2.75, 3.05) is 0 Å². The molecule has 1 aromatic heterocycles. The topological polar surface area (TPSA) is 20.2 Å². The maximum Gasteiger partial charge on any atom is 0.141 e. The molecule has 0 bridgehead atoms. The highest BCUT2D eigenvalue weighted by Gasteiger charge is 2.07. The lowest BCUT2D eigenvalue weighted by molar-refractivity contribution is 0.282. The molecule has 0 saturated carbocycles. The number of aliphatic hydroxyl groups excluding tert-OH is 1. The molecule has 0 aliphatic rings. The first-order valence-corrected chi connectivity index (χ1v) is 5.35. The predicted molar refractivity (Wildman–Crippen MR) is 55.4 cm³/mol. The van der Waals surface area contributed by atoms with Crippen LogP contribution in [0.4, 0.5) is 4.39 Å². The molecule has 0 atom stereocenters. The fourth-order valence-electron chi connectivity index (χ4n) is 1.21. The van der Waals surface area contributed by atoms with Crippen LogP contribution in [-0.4, -0.2) is 5.11 Å². The lowest BCUT2D eigenvalue weighted by Crippen LogP contribution is -1.83. The summed E-state index contributed by atoms with van der Waals surface area (Å²) in [5, 5.41) is 11.0. The molecule has 0 aliphatic carbocycles. The van der Waals surface area contributed by atoms with Crippen molar-refractivity contribution in [3.8, 4) is 0 Å². The number of hydrogen-bond donors (Lipinski definition) is 1. The molecule has 0 aliphatic heterocycles. The van der Waals surface area contributed by atoms with Gasteiger partial charge in [-0.15, -0.1) is 11.3 Å². The van der Waals surface area contributed by atoms with E-state index in [4.69, 9.17) is 5.11 Å². The molecule has 0 amide bonds. The van der Waals surface area contributed by atoms with E-state index in [9.17, 15) is 4.39 Å². The fourth-order valence-corrected chi connectivity index (χ4v) is 2.80. The number of rotatable bonds is 1. The Morgan fingerprint density at radius 1 is 1.46 bits per heavy atom. The van der Waals surface area contributed by atoms with Crippen LogP contribution in [0.5, 0.6) is 0 Å². The molecular formula is C9H6BrFOS. The van der Waals surface area contributed by atoms with Gasteiger partial charge in [0.1, 0.15) is 5.82 Å². The minimum atomic E-state index is -0.226. The largest absolute Gasteiger partial charge is 0.392 e. The van der Waals surface area contributed by atoms with Crippen molar-refractivity contribution in [1.29, 1.82) is 0 Å². The predicted octanol–water partition coefficient (Wildman–Crippen LogP) is 3.30. The van der Waals surface area contributed by atoms with Gasteiger partial charge in [-0.2, -0.15) is 0 Å². The summed E-state index contributed by atoms with van der Waals surface area (Å²) >= 11 is 4.69. The number of fused-ring (bicyclic) bond motifs is 1. The van der Waals surface area contributed by atoms with Gasteiger partial charge in [-0.25, -0.2) is 4.39 Å². The molecule has 1 aromatic carbocycles. The molecule has 0 spiro atoms. The number of halogens is 2. The molecule has 2 rings (SSSR count). The van der Waals surface area contributed by atoms with Crippen LogP contribution in [0.25, 0.3) is 10.1 Å². The van der Waals surface area contributed by atoms with Crippen molar-refractivity contribution in [3.63, 3.8) is 0 Å². The lowest BCUT2D eigenvalue weighted by atomic mass is 10.2. The average molecular weight is 261 g/mol. The van der Waals surface area contributed by atoms with Crippen LogP contribution in [-0.2, 0) is 6.61 Å². The summed E-state index contributed by atoms with van der Waals surface area (Å²) in [6.45, 7) is -0.0656. The summed E-state index contributed by atoms with van der Waals surface area (Å²) in [5.41, 5.74) is 0.719. The molecule has 1 heterocycles. The second kappa shape index (κ2) is 3.36. The molecule has 0 radical (unpaired) electrons. The number of aliphatic hydroxyl groups is 1. The Bertz CT molecular complexity index is 452. The summed E-state index contributed by atoms with van der Waals surface area (Å²) in [6, 6.07) is 3.48. The standard InChI is InChI=1S/C9H6BrFOS/c10-7-2-5(3-12)1-6-8(11)4-13-9(6)7/h1-2,4,12H,3H2. The van der Waals surface area contributed by atoms with Gasteiger partial charge >= 0.3 is 0 Å². The summed E-state index contributed by atoms with van der Waals surface area (Å²) in [4.78, 5) is 0. The second-order valence-electron chi connectivity index (χ2n) is 2.70. The SMILES string of the molecule is OCc1cc(Br)c2scc(F)c2c1. The van der Waals surface area contributed by atoms with Crippen molar-refractivity contribution >= 4 is 37.4 Å². The van der Waals surface area contributed by atoms with Gasteiger partial charge < -0.3 is 5.11 Å². The van der Waals surface area contributed by atoms with E-state index in [1.54, 1.807) is 12.1 Å². The van der Waals surface area contributed by atoms with E-state index in [1.807, 2.05) is 0 Å². The molecule has 0 saturated heterocycles. The summed E-state index contributed by atoms with van der Waals surface area (Å²) < 4.78 is 14.9. The summed E-state index contributed by atoms with van der Waals surface area (Å²) in [5.74, 6) is -0.226. The van der Waals surface area contributed by atoms with Gasteiger partial charge in [-0.3, -0.25) is 0 Å². The van der Waals surface area contributed by atoms with Crippen LogP contribution in [0.3, 0.4) is 0 Å². The summed E-state index contributed by atoms with van der Waals surface area (Å²) in [7, 11) is 0. The Morgan fingerprint density at radius 3 is 2.92 bits per heavy atom. The van der Waals surface area contributed by atoms with Crippen molar-refractivity contribution in [3.05, 3.63) is 33.4 Å². The maximum absolute atomic E-state index is 13.2. The first kappa shape index (κ1) is 9.12. The number of hydrogen-bond acceptors (Lipinski definition) is 2. The molecule has 13 heavy (non-hydrogen) atoms. The van der Waals surface area contributed by atoms with Crippen LogP contribution in [0.15, 0.2) is 22.0 Å². The van der Waals surface area contributed by atoms with Crippen molar-refractivity contribution < 1.29 is 9.50 Å². The Labute approximate surface area is 86.9 Å². The molecule has 68 valence electrons. The molecular weight excluding hydrogens is 255 g/mol. The van der Waals surface area contributed by atoms with Gasteiger partial charge in [0.2, 0.25) is 0 Å². The Balaban J connectivity index is 2.80. The Kier molecular flexibility index (Phi) is 2.36. The highest BCUT2D eigenvalue weighted by Crippen LogP contribution is 2.32. The minimum Gasteiger partial charge on any atom is -0.392 e. The number of thiophene rings is 1. The zero-order valence-corrected chi connectivity index (χ0v) is 8.95. The highest BCUT2D eigenvalue weighted by molar-refractivity contribution is 9.10. The smallest absolute Gasteiger partial charge is 0.141 e. The van der Waals surface area contributed by atoms with Crippen LogP contribution in [0, 0.1) is 5.82 Å². The second-order valence-corrected chi connectivity index (χ2v) is 4.43. The van der Waals surface area contributed by atoms with Crippen LogP contribution >= 0.6 is 27.3 Å². The molecule has 1 N–H and O–H groups in total. The van der Waals surface area contributed by atoms with E-state index in [1.165, 1.54) is 16.7 Å². The van der Waals surface area contributed by atoms with E-state index in [2.05, 4.69) is 15.9 Å². The molecule has 0 fully saturated rings. The lowest BCUT2D eigenvalue weighted by Gasteiger charge is -1.98. The summed E-state index contributed by atoms with van der Waals surface area (Å²) in [6.07, 6.45) is 0. The quantitative estimate of drug-likeness (QED) is 0.835. The van der Waals surface area contributed by atoms with E-state index >= 15 is 0 Å². The first-order valence-electron chi connectivity index (χ1n) is 3.68. The van der Waals surface area contributed by atoms with Crippen LogP contribution < -0.4 is 0 Å². The van der Waals surface area contributed by atoms with Gasteiger partial charge in [0.05, 0.1) is 11.3 Å². The Hall–Kier alpha value is -0.450. The van der Waals surface area contributed by atoms with Crippen molar-refractivity contribution in [1.82, 2.24) is 0 Å². The van der Waals surface area contributed by atoms with Crippen molar-refractivity contribution in [2.24, 2.45) is 0 Å². The Morgan fingerprint density at radius 2 is 2.23 bits per heavy atom. The van der Waals surface area contributed by atoms with E-state index in [0.717, 1.165) is 14.7 Å². The van der Waals surface area contributed by atoms with Crippen molar-refractivity contribution in [2.45, 2.75) is 6.61 Å². The maximum atomic E-state index is 13.2. The van der Waals surface area contributed by atoms with E-state index in [0.29, 0.717) is 5.39 Å². The van der Waals surface area contributed by atoms with E-state index in [-0.39, 0.29) is 12.4 Å². The van der Waals surface area contributed by atoms with Crippen LogP contribution in [0.2, 0.25) is 0 Å². The molecule has 0 unspecified atom stereocenters. The normalized spacial score (nSPS) is 11.0. The third-order valence-electron chi connectivity index (χ3n) is 1.82.